The molecular weight excluding hydrogens is 219 g/mol. The monoisotopic (exact) mass is 240 g/mol. The number of hydrogen-bond donors (Lipinski definition) is 0. The molecular formula is C9H22BrP. The van der Waals surface area contributed by atoms with Crippen LogP contribution in [0.25, 0.3) is 0 Å². The molecule has 1 atom stereocenters. The molecule has 11 heavy (non-hydrogen) atoms. The first kappa shape index (κ1) is 14.4. The van der Waals surface area contributed by atoms with Gasteiger partial charge in [-0.3, -0.25) is 0 Å². The van der Waals surface area contributed by atoms with Crippen LogP contribution >= 0.6 is 25.8 Å². The molecule has 0 aliphatic rings. The molecule has 0 heterocycles. The van der Waals surface area contributed by atoms with Crippen molar-refractivity contribution in [2.45, 2.75) is 46.0 Å². The van der Waals surface area contributed by atoms with E-state index in [9.17, 15) is 0 Å². The number of alkyl halides is 1. The first-order valence-electron chi connectivity index (χ1n) is 4.41. The zero-order chi connectivity index (χ0) is 7.82. The maximum Gasteiger partial charge on any atom is 0.00339 e. The fourth-order valence-corrected chi connectivity index (χ4v) is 2.05. The summed E-state index contributed by atoms with van der Waals surface area (Å²) in [6, 6.07) is 0. The van der Waals surface area contributed by atoms with Crippen LogP contribution in [-0.4, -0.2) is 5.33 Å². The van der Waals surface area contributed by atoms with Crippen LogP contribution in [0.15, 0.2) is 0 Å². The van der Waals surface area contributed by atoms with Crippen molar-refractivity contribution in [1.82, 2.24) is 0 Å². The van der Waals surface area contributed by atoms with E-state index in [0.717, 1.165) is 5.92 Å². The molecule has 0 saturated heterocycles. The maximum atomic E-state index is 3.49. The lowest BCUT2D eigenvalue weighted by molar-refractivity contribution is 0.431. The summed E-state index contributed by atoms with van der Waals surface area (Å²) in [6.07, 6.45) is 6.88. The van der Waals surface area contributed by atoms with Crippen molar-refractivity contribution in [3.8, 4) is 0 Å². The van der Waals surface area contributed by atoms with E-state index in [0.29, 0.717) is 0 Å². The van der Waals surface area contributed by atoms with E-state index < -0.39 is 0 Å². The van der Waals surface area contributed by atoms with Crippen molar-refractivity contribution in [2.24, 2.45) is 5.92 Å². The number of rotatable bonds is 6. The van der Waals surface area contributed by atoms with Gasteiger partial charge >= 0.3 is 0 Å². The largest absolute Gasteiger partial charge is 0.153 e. The molecule has 0 aromatic carbocycles. The van der Waals surface area contributed by atoms with Gasteiger partial charge in [-0.05, 0) is 12.3 Å². The van der Waals surface area contributed by atoms with E-state index in [-0.39, 0.29) is 9.90 Å². The van der Waals surface area contributed by atoms with Crippen LogP contribution in [0.1, 0.15) is 46.0 Å². The van der Waals surface area contributed by atoms with Gasteiger partial charge < -0.3 is 0 Å². The fraction of sp³-hybridized carbons (Fsp3) is 1.00. The molecule has 1 unspecified atom stereocenters. The lowest BCUT2D eigenvalue weighted by Gasteiger charge is -2.12. The van der Waals surface area contributed by atoms with Gasteiger partial charge in [0.1, 0.15) is 0 Å². The van der Waals surface area contributed by atoms with Crippen molar-refractivity contribution in [3.05, 3.63) is 0 Å². The van der Waals surface area contributed by atoms with Gasteiger partial charge in [-0.25, -0.2) is 0 Å². The molecule has 0 fully saturated rings. The summed E-state index contributed by atoms with van der Waals surface area (Å²) >= 11 is 3.49. The standard InChI is InChI=1S/C9H19Br.H3P/c1-3-5-9(6-4-2)7-8-10;/h9H,3-8H2,1-2H3;1H3. The Hall–Kier alpha value is 0.910. The summed E-state index contributed by atoms with van der Waals surface area (Å²) in [5.41, 5.74) is 0. The van der Waals surface area contributed by atoms with E-state index in [2.05, 4.69) is 29.8 Å². The van der Waals surface area contributed by atoms with Crippen LogP contribution in [0, 0.1) is 5.92 Å². The molecule has 0 saturated carbocycles. The average molecular weight is 241 g/mol. The van der Waals surface area contributed by atoms with Crippen LogP contribution in [-0.2, 0) is 0 Å². The molecule has 70 valence electrons. The van der Waals surface area contributed by atoms with E-state index in [1.807, 2.05) is 0 Å². The minimum atomic E-state index is 0. The summed E-state index contributed by atoms with van der Waals surface area (Å²) in [6.45, 7) is 4.55. The third-order valence-corrected chi connectivity index (χ3v) is 2.37. The van der Waals surface area contributed by atoms with Crippen molar-refractivity contribution in [3.63, 3.8) is 0 Å². The van der Waals surface area contributed by atoms with Crippen molar-refractivity contribution in [2.75, 3.05) is 5.33 Å². The highest BCUT2D eigenvalue weighted by atomic mass is 79.9. The Kier molecular flexibility index (Phi) is 14.3. The van der Waals surface area contributed by atoms with Gasteiger partial charge in [0, 0.05) is 5.33 Å². The zero-order valence-electron chi connectivity index (χ0n) is 7.91. The second-order valence-electron chi connectivity index (χ2n) is 2.92. The molecule has 0 spiro atoms. The van der Waals surface area contributed by atoms with E-state index >= 15 is 0 Å². The summed E-state index contributed by atoms with van der Waals surface area (Å²) in [7, 11) is 0. The van der Waals surface area contributed by atoms with Crippen molar-refractivity contribution >= 4 is 25.8 Å². The molecule has 2 heteroatoms. The normalized spacial score (nSPS) is 9.82. The third kappa shape index (κ3) is 8.82. The Morgan fingerprint density at radius 3 is 1.73 bits per heavy atom. The molecule has 0 N–H and O–H groups in total. The topological polar surface area (TPSA) is 0 Å². The predicted molar refractivity (Wildman–Crippen MR) is 62.8 cm³/mol. The highest BCUT2D eigenvalue weighted by Crippen LogP contribution is 2.17. The van der Waals surface area contributed by atoms with Gasteiger partial charge in [-0.15, -0.1) is 0 Å². The minimum Gasteiger partial charge on any atom is -0.153 e. The van der Waals surface area contributed by atoms with Gasteiger partial charge in [0.25, 0.3) is 0 Å². The van der Waals surface area contributed by atoms with E-state index in [4.69, 9.17) is 0 Å². The maximum absolute atomic E-state index is 3.49. The summed E-state index contributed by atoms with van der Waals surface area (Å²) in [5.74, 6) is 0.981. The van der Waals surface area contributed by atoms with Gasteiger partial charge in [0.15, 0.2) is 0 Å². The Balaban J connectivity index is 0. The predicted octanol–water partition coefficient (Wildman–Crippen LogP) is 4.05. The Morgan fingerprint density at radius 2 is 1.45 bits per heavy atom. The lowest BCUT2D eigenvalue weighted by Crippen LogP contribution is -1.99. The molecule has 0 amide bonds. The fourth-order valence-electron chi connectivity index (χ4n) is 1.40. The minimum absolute atomic E-state index is 0. The Morgan fingerprint density at radius 1 is 1.00 bits per heavy atom. The summed E-state index contributed by atoms with van der Waals surface area (Å²) < 4.78 is 0. The third-order valence-electron chi connectivity index (χ3n) is 1.91. The average Bonchev–Trinajstić information content (AvgIpc) is 1.90. The quantitative estimate of drug-likeness (QED) is 0.486. The first-order chi connectivity index (χ1) is 4.85. The molecule has 0 aromatic rings. The smallest absolute Gasteiger partial charge is 0.00339 e. The molecule has 0 aliphatic carbocycles. The second-order valence-corrected chi connectivity index (χ2v) is 3.71. The van der Waals surface area contributed by atoms with Gasteiger partial charge in [0.05, 0.1) is 0 Å². The Labute approximate surface area is 83.3 Å². The van der Waals surface area contributed by atoms with Crippen LogP contribution in [0.3, 0.4) is 0 Å². The van der Waals surface area contributed by atoms with Gasteiger partial charge in [0.2, 0.25) is 0 Å². The van der Waals surface area contributed by atoms with Crippen LogP contribution in [0.2, 0.25) is 0 Å². The second kappa shape index (κ2) is 10.9. The molecule has 0 nitrogen and oxygen atoms in total. The highest BCUT2D eigenvalue weighted by molar-refractivity contribution is 9.09. The Bertz CT molecular complexity index is 52.3. The highest BCUT2D eigenvalue weighted by Gasteiger charge is 2.04. The summed E-state index contributed by atoms with van der Waals surface area (Å²) in [4.78, 5) is 0. The molecule has 0 bridgehead atoms. The number of halogens is 1. The molecule has 0 rings (SSSR count). The first-order valence-corrected chi connectivity index (χ1v) is 5.53. The summed E-state index contributed by atoms with van der Waals surface area (Å²) in [5, 5.41) is 1.18. The van der Waals surface area contributed by atoms with Crippen molar-refractivity contribution < 1.29 is 0 Å². The van der Waals surface area contributed by atoms with Gasteiger partial charge in [-0.1, -0.05) is 55.5 Å². The zero-order valence-corrected chi connectivity index (χ0v) is 10.9. The molecule has 0 aliphatic heterocycles. The van der Waals surface area contributed by atoms with E-state index in [1.165, 1.54) is 37.4 Å². The van der Waals surface area contributed by atoms with Crippen LogP contribution in [0.5, 0.6) is 0 Å². The van der Waals surface area contributed by atoms with Crippen LogP contribution in [0.4, 0.5) is 0 Å². The van der Waals surface area contributed by atoms with E-state index in [1.54, 1.807) is 0 Å². The lowest BCUT2D eigenvalue weighted by atomic mass is 9.96. The van der Waals surface area contributed by atoms with Gasteiger partial charge in [-0.2, -0.15) is 9.90 Å². The van der Waals surface area contributed by atoms with Crippen LogP contribution < -0.4 is 0 Å². The van der Waals surface area contributed by atoms with Crippen molar-refractivity contribution in [1.29, 1.82) is 0 Å². The molecule has 0 aromatic heterocycles. The molecule has 0 radical (unpaired) electrons. The SMILES string of the molecule is CCCC(CCC)CCBr.P. The number of hydrogen-bond acceptors (Lipinski definition) is 0.